The number of ether oxygens (including phenoxy) is 3. The monoisotopic (exact) mass is 567 g/mol. The average Bonchev–Trinajstić information content (AvgIpc) is 2.84. The van der Waals surface area contributed by atoms with E-state index in [-0.39, 0.29) is 25.9 Å². The minimum Gasteiger partial charge on any atom is -0.459 e. The summed E-state index contributed by atoms with van der Waals surface area (Å²) in [6, 6.07) is -0.962. The lowest BCUT2D eigenvalue weighted by Crippen LogP contribution is -2.80. The fourth-order valence-corrected chi connectivity index (χ4v) is 7.43. The summed E-state index contributed by atoms with van der Waals surface area (Å²) in [4.78, 5) is 50.9. The molecule has 0 radical (unpaired) electrons. The van der Waals surface area contributed by atoms with Crippen LogP contribution in [-0.2, 0) is 33.4 Å². The zero-order chi connectivity index (χ0) is 30.2. The molecule has 3 aliphatic carbocycles. The van der Waals surface area contributed by atoms with Gasteiger partial charge in [0.15, 0.2) is 6.10 Å². The number of amides is 1. The number of hydrogen-bond donors (Lipinski definition) is 5. The number of ketones is 1. The van der Waals surface area contributed by atoms with E-state index in [2.05, 4.69) is 5.32 Å². The van der Waals surface area contributed by atoms with Crippen LogP contribution in [0.1, 0.15) is 67.7 Å². The Balaban J connectivity index is 1.85. The molecule has 4 aliphatic rings. The van der Waals surface area contributed by atoms with Crippen molar-refractivity contribution in [2.75, 3.05) is 6.61 Å². The molecule has 40 heavy (non-hydrogen) atoms. The maximum Gasteiger partial charge on any atom is 0.337 e. The third-order valence-electron chi connectivity index (χ3n) is 10.1. The van der Waals surface area contributed by atoms with Gasteiger partial charge >= 0.3 is 11.9 Å². The normalized spacial score (nSPS) is 41.7. The van der Waals surface area contributed by atoms with E-state index in [1.54, 1.807) is 20.8 Å². The van der Waals surface area contributed by atoms with Crippen LogP contribution < -0.4 is 5.32 Å². The lowest BCUT2D eigenvalue weighted by Gasteiger charge is -2.66. The summed E-state index contributed by atoms with van der Waals surface area (Å²) in [6.07, 6.45) is -6.97. The fraction of sp³-hybridized carbons (Fsp3) is 0.786. The zero-order valence-electron chi connectivity index (χ0n) is 24.0. The van der Waals surface area contributed by atoms with Crippen LogP contribution in [0.4, 0.5) is 0 Å². The van der Waals surface area contributed by atoms with Crippen molar-refractivity contribution in [2.24, 2.45) is 16.7 Å². The molecule has 1 heterocycles. The first kappa shape index (κ1) is 30.6. The highest BCUT2D eigenvalue weighted by Crippen LogP contribution is 2.63. The van der Waals surface area contributed by atoms with Crippen LogP contribution in [-0.4, -0.2) is 98.4 Å². The number of rotatable bonds is 5. The molecule has 4 rings (SSSR count). The summed E-state index contributed by atoms with van der Waals surface area (Å²) < 4.78 is 17.0. The number of fused-ring (bicyclic) bond motifs is 5. The highest BCUT2D eigenvalue weighted by molar-refractivity contribution is 5.89. The molecular formula is C28H41NO11. The predicted molar refractivity (Wildman–Crippen MR) is 137 cm³/mol. The average molecular weight is 568 g/mol. The molecule has 12 heteroatoms. The molecule has 1 saturated heterocycles. The van der Waals surface area contributed by atoms with Crippen molar-refractivity contribution in [1.82, 2.24) is 5.32 Å². The number of Topliss-reactive ketones (excluding diaryl/α,β-unsaturated/α-hetero) is 1. The summed E-state index contributed by atoms with van der Waals surface area (Å²) in [6.45, 7) is 10.2. The van der Waals surface area contributed by atoms with Crippen molar-refractivity contribution in [3.63, 3.8) is 0 Å². The third kappa shape index (κ3) is 4.30. The topological polar surface area (TPSA) is 189 Å². The second-order valence-electron chi connectivity index (χ2n) is 12.7. The van der Waals surface area contributed by atoms with E-state index in [1.807, 2.05) is 0 Å². The van der Waals surface area contributed by atoms with Crippen LogP contribution in [0.25, 0.3) is 0 Å². The Hall–Kier alpha value is -2.38. The third-order valence-corrected chi connectivity index (χ3v) is 10.1. The van der Waals surface area contributed by atoms with E-state index < -0.39 is 88.1 Å². The molecule has 3 fully saturated rings. The van der Waals surface area contributed by atoms with Gasteiger partial charge in [0, 0.05) is 44.4 Å². The molecule has 0 aromatic rings. The minimum absolute atomic E-state index is 0.00745. The van der Waals surface area contributed by atoms with Crippen LogP contribution in [0.5, 0.6) is 0 Å². The lowest BCUT2D eigenvalue weighted by molar-refractivity contribution is -0.344. The Kier molecular flexibility index (Phi) is 7.54. The fourth-order valence-electron chi connectivity index (χ4n) is 7.43. The van der Waals surface area contributed by atoms with Crippen LogP contribution >= 0.6 is 0 Å². The summed E-state index contributed by atoms with van der Waals surface area (Å²) in [5.74, 6) is -3.94. The summed E-state index contributed by atoms with van der Waals surface area (Å²) in [7, 11) is 0. The van der Waals surface area contributed by atoms with Crippen molar-refractivity contribution in [1.29, 1.82) is 0 Å². The van der Waals surface area contributed by atoms with Gasteiger partial charge in [0.25, 0.3) is 0 Å². The van der Waals surface area contributed by atoms with E-state index >= 15 is 0 Å². The van der Waals surface area contributed by atoms with E-state index in [0.717, 1.165) is 6.92 Å². The quantitative estimate of drug-likeness (QED) is 0.216. The standard InChI is InChI=1S/C28H41NO11/c1-12-16-8-18(32)26(7)19(33)9-20-27(36,11-38-20)22(26)23(39-15(4)31)28(37,25(16,5)6)10-17(12)40-24(35)21(34)13(2)29-14(3)30/h13,17,19-23,33-34,36-37H,8-11H2,1-7H3,(H,29,30)/t13-,17?,19-,20+,21+,22-,23-,26+,27-,28+/m0/s1. The number of nitrogens with one attached hydrogen (secondary N) is 1. The molecule has 224 valence electrons. The van der Waals surface area contributed by atoms with Gasteiger partial charge in [0.05, 0.1) is 30.3 Å². The smallest absolute Gasteiger partial charge is 0.337 e. The number of carbonyl (C=O) groups excluding carboxylic acids is 4. The highest BCUT2D eigenvalue weighted by Gasteiger charge is 2.75. The molecule has 2 saturated carbocycles. The van der Waals surface area contributed by atoms with Crippen molar-refractivity contribution in [3.8, 4) is 0 Å². The van der Waals surface area contributed by atoms with Gasteiger partial charge in [-0.2, -0.15) is 0 Å². The first-order valence-corrected chi connectivity index (χ1v) is 13.6. The van der Waals surface area contributed by atoms with Gasteiger partial charge in [0.2, 0.25) is 5.91 Å². The number of aliphatic hydroxyl groups excluding tert-OH is 2. The molecule has 1 aliphatic heterocycles. The van der Waals surface area contributed by atoms with E-state index in [4.69, 9.17) is 14.2 Å². The molecule has 1 amide bonds. The second kappa shape index (κ2) is 9.87. The van der Waals surface area contributed by atoms with Crippen LogP contribution in [0.2, 0.25) is 0 Å². The van der Waals surface area contributed by atoms with Gasteiger partial charge < -0.3 is 40.0 Å². The van der Waals surface area contributed by atoms with Gasteiger partial charge in [-0.1, -0.05) is 19.4 Å². The number of esters is 2. The Labute approximate surface area is 233 Å². The van der Waals surface area contributed by atoms with Crippen molar-refractivity contribution < 1.29 is 53.8 Å². The van der Waals surface area contributed by atoms with Crippen LogP contribution in [0.3, 0.4) is 0 Å². The van der Waals surface area contributed by atoms with E-state index in [0.29, 0.717) is 11.1 Å². The summed E-state index contributed by atoms with van der Waals surface area (Å²) >= 11 is 0. The highest BCUT2D eigenvalue weighted by atomic mass is 16.6. The summed E-state index contributed by atoms with van der Waals surface area (Å²) in [5, 5.41) is 48.6. The van der Waals surface area contributed by atoms with Gasteiger partial charge in [0.1, 0.15) is 29.2 Å². The molecule has 5 N–H and O–H groups in total. The second-order valence-corrected chi connectivity index (χ2v) is 12.7. The maximum atomic E-state index is 14.1. The lowest BCUT2D eigenvalue weighted by atomic mass is 9.45. The van der Waals surface area contributed by atoms with Crippen molar-refractivity contribution in [2.45, 2.75) is 115 Å². The van der Waals surface area contributed by atoms with Crippen molar-refractivity contribution in [3.05, 3.63) is 11.1 Å². The maximum absolute atomic E-state index is 14.1. The Morgan fingerprint density at radius 1 is 1.12 bits per heavy atom. The first-order valence-electron chi connectivity index (χ1n) is 13.6. The Bertz CT molecular complexity index is 1150. The van der Waals surface area contributed by atoms with Gasteiger partial charge in [-0.15, -0.1) is 0 Å². The van der Waals surface area contributed by atoms with Crippen LogP contribution in [0, 0.1) is 16.7 Å². The molecule has 1 unspecified atom stereocenters. The van der Waals surface area contributed by atoms with Crippen LogP contribution in [0.15, 0.2) is 11.1 Å². The van der Waals surface area contributed by atoms with Gasteiger partial charge in [-0.3, -0.25) is 14.4 Å². The van der Waals surface area contributed by atoms with E-state index in [1.165, 1.54) is 20.8 Å². The molecule has 12 nitrogen and oxygen atoms in total. The largest absolute Gasteiger partial charge is 0.459 e. The Morgan fingerprint density at radius 2 is 1.75 bits per heavy atom. The number of aliphatic hydroxyl groups is 4. The van der Waals surface area contributed by atoms with Crippen molar-refractivity contribution >= 4 is 23.6 Å². The minimum atomic E-state index is -1.99. The predicted octanol–water partition coefficient (Wildman–Crippen LogP) is -0.317. The molecule has 10 atom stereocenters. The molecule has 2 bridgehead atoms. The van der Waals surface area contributed by atoms with Gasteiger partial charge in [-0.25, -0.2) is 4.79 Å². The van der Waals surface area contributed by atoms with Gasteiger partial charge in [-0.05, 0) is 26.3 Å². The molecule has 0 spiro atoms. The molecule has 0 aromatic carbocycles. The van der Waals surface area contributed by atoms with E-state index in [9.17, 15) is 39.6 Å². The first-order chi connectivity index (χ1) is 18.3. The molecule has 0 aromatic heterocycles. The molecular weight excluding hydrogens is 526 g/mol. The Morgan fingerprint density at radius 3 is 2.27 bits per heavy atom. The SMILES string of the molecule is CC(=O)N[C@@H](C)[C@@H](O)C(=O)OC1C[C@@]2(O)[C@@H](OC(C)=O)[C@@H]3[C@]4(O)CO[C@@H]4C[C@H](O)[C@@]3(C)C(=O)CC(=C1C)C2(C)C. The summed E-state index contributed by atoms with van der Waals surface area (Å²) in [5.41, 5.74) is -5.56. The zero-order valence-corrected chi connectivity index (χ0v) is 24.0. The number of hydrogen-bond acceptors (Lipinski definition) is 11. The number of carbonyl (C=O) groups is 4.